The molecule has 1 aromatic heterocycles. The van der Waals surface area contributed by atoms with Crippen molar-refractivity contribution in [3.8, 4) is 11.3 Å². The molecule has 1 aliphatic rings. The summed E-state index contributed by atoms with van der Waals surface area (Å²) in [6.45, 7) is 11.3. The molecule has 1 saturated carbocycles. The van der Waals surface area contributed by atoms with Crippen LogP contribution in [0.2, 0.25) is 18.1 Å². The number of anilines is 1. The van der Waals surface area contributed by atoms with Crippen molar-refractivity contribution >= 4 is 20.1 Å². The van der Waals surface area contributed by atoms with Crippen LogP contribution in [-0.4, -0.2) is 35.5 Å². The first-order chi connectivity index (χ1) is 14.4. The first kappa shape index (κ1) is 23.3. The van der Waals surface area contributed by atoms with Crippen molar-refractivity contribution in [2.45, 2.75) is 76.6 Å². The van der Waals surface area contributed by atoms with Crippen LogP contribution in [0.4, 0.5) is 10.2 Å². The highest BCUT2D eigenvalue weighted by Gasteiger charge is 2.40. The van der Waals surface area contributed by atoms with E-state index in [1.54, 1.807) is 6.20 Å². The molecular formula is C23H32FN3O3Si. The first-order valence-electron chi connectivity index (χ1n) is 10.7. The van der Waals surface area contributed by atoms with Gasteiger partial charge >= 0.3 is 5.97 Å². The molecule has 6 nitrogen and oxygen atoms in total. The number of nitrogen functional groups attached to an aromatic ring is 1. The largest absolute Gasteiger partial charge is 0.478 e. The lowest BCUT2D eigenvalue weighted by Gasteiger charge is -2.41. The van der Waals surface area contributed by atoms with Gasteiger partial charge in [0.25, 0.3) is 0 Å². The standard InChI is InChI=1S/C23H32FN3O3Si/c1-23(2,3)31(4,5)30-16-8-6-7-14(11-16)19-13-26-21(25)20(27-19)15-9-10-17(22(28)29)18(24)12-15/h9-10,12-14,16H,6-8,11H2,1-5H3,(H2,25,26)(H,28,29). The molecule has 1 fully saturated rings. The predicted octanol–water partition coefficient (Wildman–Crippen LogP) is 5.61. The van der Waals surface area contributed by atoms with Crippen LogP contribution in [0.15, 0.2) is 24.4 Å². The number of hydrogen-bond acceptors (Lipinski definition) is 5. The minimum absolute atomic E-state index is 0.153. The predicted molar refractivity (Wildman–Crippen MR) is 122 cm³/mol. The molecule has 0 aliphatic heterocycles. The molecule has 2 unspecified atom stereocenters. The molecule has 2 atom stereocenters. The van der Waals surface area contributed by atoms with Gasteiger partial charge in [-0.15, -0.1) is 0 Å². The first-order valence-corrected chi connectivity index (χ1v) is 13.6. The maximum Gasteiger partial charge on any atom is 0.338 e. The molecule has 0 bridgehead atoms. The van der Waals surface area contributed by atoms with Gasteiger partial charge in [0.1, 0.15) is 17.3 Å². The highest BCUT2D eigenvalue weighted by Crippen LogP contribution is 2.41. The zero-order chi connectivity index (χ0) is 23.0. The Balaban J connectivity index is 1.84. The number of rotatable bonds is 5. The third-order valence-electron chi connectivity index (χ3n) is 6.60. The smallest absolute Gasteiger partial charge is 0.338 e. The summed E-state index contributed by atoms with van der Waals surface area (Å²) in [4.78, 5) is 20.1. The highest BCUT2D eigenvalue weighted by atomic mass is 28.4. The van der Waals surface area contributed by atoms with Gasteiger partial charge in [-0.2, -0.15) is 0 Å². The second-order valence-electron chi connectivity index (χ2n) is 9.89. The van der Waals surface area contributed by atoms with Gasteiger partial charge in [-0.1, -0.05) is 33.3 Å². The van der Waals surface area contributed by atoms with E-state index in [0.29, 0.717) is 11.3 Å². The minimum atomic E-state index is -1.86. The molecule has 0 saturated heterocycles. The Morgan fingerprint density at radius 3 is 2.61 bits per heavy atom. The lowest BCUT2D eigenvalue weighted by Crippen LogP contribution is -2.44. The summed E-state index contributed by atoms with van der Waals surface area (Å²) in [6, 6.07) is 3.89. The summed E-state index contributed by atoms with van der Waals surface area (Å²) in [7, 11) is -1.86. The summed E-state index contributed by atoms with van der Waals surface area (Å²) in [5.41, 5.74) is 7.25. The Morgan fingerprint density at radius 1 is 1.29 bits per heavy atom. The Kier molecular flexibility index (Phi) is 6.52. The fourth-order valence-electron chi connectivity index (χ4n) is 3.77. The summed E-state index contributed by atoms with van der Waals surface area (Å²) in [5, 5.41) is 9.20. The third kappa shape index (κ3) is 5.12. The van der Waals surface area contributed by atoms with E-state index in [0.717, 1.165) is 37.4 Å². The van der Waals surface area contributed by atoms with Crippen LogP contribution in [0.5, 0.6) is 0 Å². The molecule has 0 radical (unpaired) electrons. The number of nitrogens with two attached hydrogens (primary N) is 1. The van der Waals surface area contributed by atoms with Gasteiger partial charge in [0, 0.05) is 17.6 Å². The van der Waals surface area contributed by atoms with E-state index < -0.39 is 20.1 Å². The Labute approximate surface area is 184 Å². The SMILES string of the molecule is CC(C)(C)[Si](C)(C)OC1CCCC(c2cnc(N)c(-c3ccc(C(=O)O)c(F)c3)n2)C1. The molecule has 8 heteroatoms. The zero-order valence-corrected chi connectivity index (χ0v) is 19.9. The molecule has 31 heavy (non-hydrogen) atoms. The van der Waals surface area contributed by atoms with Gasteiger partial charge in [0.05, 0.1) is 17.5 Å². The molecule has 168 valence electrons. The van der Waals surface area contributed by atoms with Crippen LogP contribution in [0.1, 0.15) is 68.4 Å². The molecule has 1 heterocycles. The van der Waals surface area contributed by atoms with Crippen LogP contribution in [0.25, 0.3) is 11.3 Å². The number of benzene rings is 1. The van der Waals surface area contributed by atoms with E-state index in [1.165, 1.54) is 12.1 Å². The maximum atomic E-state index is 14.2. The van der Waals surface area contributed by atoms with Gasteiger partial charge in [0.15, 0.2) is 8.32 Å². The van der Waals surface area contributed by atoms with E-state index in [2.05, 4.69) is 38.8 Å². The lowest BCUT2D eigenvalue weighted by molar-refractivity contribution is 0.0692. The van der Waals surface area contributed by atoms with E-state index in [4.69, 9.17) is 20.3 Å². The van der Waals surface area contributed by atoms with E-state index >= 15 is 0 Å². The number of nitrogens with zero attached hydrogens (tertiary/aromatic N) is 2. The molecule has 3 rings (SSSR count). The molecule has 2 aromatic rings. The normalized spacial score (nSPS) is 19.9. The van der Waals surface area contributed by atoms with Gasteiger partial charge < -0.3 is 15.3 Å². The quantitative estimate of drug-likeness (QED) is 0.580. The van der Waals surface area contributed by atoms with Crippen LogP contribution in [0, 0.1) is 5.82 Å². The summed E-state index contributed by atoms with van der Waals surface area (Å²) in [5.74, 6) is -1.75. The minimum Gasteiger partial charge on any atom is -0.478 e. The van der Waals surface area contributed by atoms with E-state index in [9.17, 15) is 9.18 Å². The number of carbonyl (C=O) groups is 1. The van der Waals surface area contributed by atoms with Crippen molar-refractivity contribution in [3.05, 3.63) is 41.5 Å². The van der Waals surface area contributed by atoms with Gasteiger partial charge in [-0.25, -0.2) is 19.2 Å². The number of aromatic nitrogens is 2. The number of aromatic carboxylic acids is 1. The van der Waals surface area contributed by atoms with Gasteiger partial charge in [-0.05, 0) is 49.5 Å². The third-order valence-corrected chi connectivity index (χ3v) is 11.1. The maximum absolute atomic E-state index is 14.2. The number of hydrogen-bond donors (Lipinski definition) is 2. The van der Waals surface area contributed by atoms with Crippen LogP contribution < -0.4 is 5.73 Å². The molecule has 3 N–H and O–H groups in total. The number of carboxylic acids is 1. The zero-order valence-electron chi connectivity index (χ0n) is 18.9. The van der Waals surface area contributed by atoms with Crippen LogP contribution >= 0.6 is 0 Å². The van der Waals surface area contributed by atoms with Gasteiger partial charge in [0.2, 0.25) is 0 Å². The summed E-state index contributed by atoms with van der Waals surface area (Å²) in [6.07, 6.45) is 5.83. The second-order valence-corrected chi connectivity index (χ2v) is 14.6. The van der Waals surface area contributed by atoms with Crippen molar-refractivity contribution in [2.24, 2.45) is 0 Å². The monoisotopic (exact) mass is 445 g/mol. The molecule has 0 spiro atoms. The highest BCUT2D eigenvalue weighted by molar-refractivity contribution is 6.74. The lowest BCUT2D eigenvalue weighted by atomic mass is 9.85. The fraction of sp³-hybridized carbons (Fsp3) is 0.522. The van der Waals surface area contributed by atoms with E-state index in [1.807, 2.05) is 0 Å². The van der Waals surface area contributed by atoms with Gasteiger partial charge in [-0.3, -0.25) is 0 Å². The fourth-order valence-corrected chi connectivity index (χ4v) is 5.17. The summed E-state index contributed by atoms with van der Waals surface area (Å²) < 4.78 is 20.8. The Morgan fingerprint density at radius 2 is 2.00 bits per heavy atom. The molecule has 0 amide bonds. The van der Waals surface area contributed by atoms with Crippen molar-refractivity contribution in [3.63, 3.8) is 0 Å². The Hall–Kier alpha value is -2.32. The number of halogens is 1. The van der Waals surface area contributed by atoms with Crippen LogP contribution in [0.3, 0.4) is 0 Å². The second kappa shape index (κ2) is 8.67. The Bertz CT molecular complexity index is 975. The van der Waals surface area contributed by atoms with Crippen molar-refractivity contribution in [2.75, 3.05) is 5.73 Å². The van der Waals surface area contributed by atoms with Crippen molar-refractivity contribution in [1.82, 2.24) is 9.97 Å². The van der Waals surface area contributed by atoms with Crippen molar-refractivity contribution < 1.29 is 18.7 Å². The molecule has 1 aliphatic carbocycles. The average Bonchev–Trinajstić information content (AvgIpc) is 2.67. The van der Waals surface area contributed by atoms with E-state index in [-0.39, 0.29) is 28.4 Å². The topological polar surface area (TPSA) is 98.3 Å². The number of carboxylic acid groups (broad SMARTS) is 1. The van der Waals surface area contributed by atoms with Crippen molar-refractivity contribution in [1.29, 1.82) is 0 Å². The molecular weight excluding hydrogens is 413 g/mol. The summed E-state index contributed by atoms with van der Waals surface area (Å²) >= 11 is 0. The van der Waals surface area contributed by atoms with Crippen LogP contribution in [-0.2, 0) is 4.43 Å². The average molecular weight is 446 g/mol. The molecule has 1 aromatic carbocycles.